The number of nitrogens with zero attached hydrogens (tertiary/aromatic N) is 4. The summed E-state index contributed by atoms with van der Waals surface area (Å²) in [5, 5.41) is 10.5. The molecule has 0 spiro atoms. The van der Waals surface area contributed by atoms with Crippen LogP contribution in [0.25, 0.3) is 0 Å². The summed E-state index contributed by atoms with van der Waals surface area (Å²) < 4.78 is 0. The quantitative estimate of drug-likeness (QED) is 0.411. The van der Waals surface area contributed by atoms with Crippen molar-refractivity contribution in [3.8, 4) is 0 Å². The number of benzene rings is 1. The van der Waals surface area contributed by atoms with Crippen LogP contribution in [0, 0.1) is 13.8 Å². The van der Waals surface area contributed by atoms with Gasteiger partial charge in [-0.1, -0.05) is 29.3 Å². The van der Waals surface area contributed by atoms with E-state index in [0.29, 0.717) is 5.92 Å². The van der Waals surface area contributed by atoms with Gasteiger partial charge in [0.2, 0.25) is 0 Å². The number of hydrogen-bond donors (Lipinski definition) is 2. The van der Waals surface area contributed by atoms with E-state index in [1.54, 1.807) is 6.33 Å². The number of halogens is 1. The second-order valence-corrected chi connectivity index (χ2v) is 6.85. The summed E-state index contributed by atoms with van der Waals surface area (Å²) in [6.45, 7) is 7.20. The summed E-state index contributed by atoms with van der Waals surface area (Å²) in [5.74, 6) is 2.49. The number of nitrogens with one attached hydrogen (secondary N) is 2. The van der Waals surface area contributed by atoms with Crippen LogP contribution in [0.5, 0.6) is 0 Å². The van der Waals surface area contributed by atoms with Crippen LogP contribution in [0.2, 0.25) is 0 Å². The molecule has 0 unspecified atom stereocenters. The molecule has 2 aromatic rings. The van der Waals surface area contributed by atoms with Crippen molar-refractivity contribution in [3.63, 3.8) is 0 Å². The Morgan fingerprint density at radius 1 is 1.23 bits per heavy atom. The summed E-state index contributed by atoms with van der Waals surface area (Å²) in [5.41, 5.74) is 4.03. The molecule has 0 saturated carbocycles. The molecule has 3 rings (SSSR count). The zero-order valence-corrected chi connectivity index (χ0v) is 18.2. The molecule has 1 aromatic heterocycles. The number of likely N-dealkylation sites (tertiary alicyclic amines) is 1. The highest BCUT2D eigenvalue weighted by atomic mass is 127. The van der Waals surface area contributed by atoms with Crippen LogP contribution in [-0.4, -0.2) is 52.7 Å². The van der Waals surface area contributed by atoms with E-state index in [2.05, 4.69) is 62.4 Å². The normalized spacial score (nSPS) is 15.7. The first-order valence-corrected chi connectivity index (χ1v) is 9.03. The first-order chi connectivity index (χ1) is 12.2. The molecule has 1 aliphatic heterocycles. The van der Waals surface area contributed by atoms with E-state index in [1.807, 2.05) is 7.05 Å². The van der Waals surface area contributed by atoms with Crippen molar-refractivity contribution >= 4 is 29.9 Å². The standard InChI is InChI=1S/C19H28N6.HI/c1-14-10-15(2)12-16(11-14)4-7-21-19(20-3)25-8-5-17(6-9-25)18-22-13-23-24-18;/h10-13,17H,4-9H2,1-3H3,(H,20,21)(H,22,23,24);1H. The van der Waals surface area contributed by atoms with Gasteiger partial charge >= 0.3 is 0 Å². The van der Waals surface area contributed by atoms with Gasteiger partial charge in [0.15, 0.2) is 5.96 Å². The highest BCUT2D eigenvalue weighted by Crippen LogP contribution is 2.24. The second kappa shape index (κ2) is 9.89. The van der Waals surface area contributed by atoms with E-state index in [9.17, 15) is 0 Å². The van der Waals surface area contributed by atoms with Gasteiger partial charge in [0.05, 0.1) is 0 Å². The molecule has 0 bridgehead atoms. The van der Waals surface area contributed by atoms with Gasteiger partial charge in [-0.2, -0.15) is 5.10 Å². The van der Waals surface area contributed by atoms with Crippen molar-refractivity contribution < 1.29 is 0 Å². The number of hydrogen-bond acceptors (Lipinski definition) is 3. The highest BCUT2D eigenvalue weighted by Gasteiger charge is 2.24. The summed E-state index contributed by atoms with van der Waals surface area (Å²) in [7, 11) is 1.86. The lowest BCUT2D eigenvalue weighted by molar-refractivity contribution is 0.299. The number of H-pyrrole nitrogens is 1. The zero-order chi connectivity index (χ0) is 17.6. The molecule has 1 aromatic carbocycles. The molecule has 0 amide bonds. The Hall–Kier alpha value is -1.64. The maximum absolute atomic E-state index is 4.46. The molecule has 1 aliphatic rings. The number of aromatic nitrogens is 3. The SMILES string of the molecule is CN=C(NCCc1cc(C)cc(C)c1)N1CCC(c2ncn[nH]2)CC1.I. The van der Waals surface area contributed by atoms with Crippen LogP contribution in [0.3, 0.4) is 0 Å². The van der Waals surface area contributed by atoms with Crippen molar-refractivity contribution in [2.45, 2.75) is 39.0 Å². The lowest BCUT2D eigenvalue weighted by Gasteiger charge is -2.33. The van der Waals surface area contributed by atoms with Crippen molar-refractivity contribution in [2.24, 2.45) is 4.99 Å². The third-order valence-corrected chi connectivity index (χ3v) is 4.80. The van der Waals surface area contributed by atoms with Gasteiger partial charge in [-0.15, -0.1) is 24.0 Å². The van der Waals surface area contributed by atoms with Crippen LogP contribution in [0.1, 0.15) is 41.3 Å². The van der Waals surface area contributed by atoms with Gasteiger partial charge < -0.3 is 10.2 Å². The van der Waals surface area contributed by atoms with E-state index < -0.39 is 0 Å². The number of aryl methyl sites for hydroxylation is 2. The maximum atomic E-state index is 4.46. The third-order valence-electron chi connectivity index (χ3n) is 4.80. The molecule has 2 heterocycles. The molecule has 6 nitrogen and oxygen atoms in total. The zero-order valence-electron chi connectivity index (χ0n) is 15.8. The molecule has 0 radical (unpaired) electrons. The maximum Gasteiger partial charge on any atom is 0.193 e. The lowest BCUT2D eigenvalue weighted by atomic mass is 9.96. The van der Waals surface area contributed by atoms with E-state index in [-0.39, 0.29) is 24.0 Å². The van der Waals surface area contributed by atoms with E-state index in [0.717, 1.165) is 50.7 Å². The fraction of sp³-hybridized carbons (Fsp3) is 0.526. The van der Waals surface area contributed by atoms with Crippen LogP contribution in [0.4, 0.5) is 0 Å². The highest BCUT2D eigenvalue weighted by molar-refractivity contribution is 14.0. The van der Waals surface area contributed by atoms with Gasteiger partial charge in [-0.3, -0.25) is 10.1 Å². The largest absolute Gasteiger partial charge is 0.356 e. The number of piperidine rings is 1. The molecule has 26 heavy (non-hydrogen) atoms. The average Bonchev–Trinajstić information content (AvgIpc) is 3.13. The molecule has 0 aliphatic carbocycles. The summed E-state index contributed by atoms with van der Waals surface area (Å²) in [4.78, 5) is 11.1. The lowest BCUT2D eigenvalue weighted by Crippen LogP contribution is -2.45. The predicted molar refractivity (Wildman–Crippen MR) is 116 cm³/mol. The van der Waals surface area contributed by atoms with Crippen molar-refractivity contribution in [1.82, 2.24) is 25.4 Å². The minimum Gasteiger partial charge on any atom is -0.356 e. The number of aliphatic imine (C=N–C) groups is 1. The average molecular weight is 468 g/mol. The van der Waals surface area contributed by atoms with E-state index in [4.69, 9.17) is 0 Å². The van der Waals surface area contributed by atoms with Gasteiger partial charge in [-0.25, -0.2) is 4.98 Å². The number of guanidine groups is 1. The predicted octanol–water partition coefficient (Wildman–Crippen LogP) is 3.04. The molecule has 142 valence electrons. The van der Waals surface area contributed by atoms with Gasteiger partial charge in [0, 0.05) is 32.6 Å². The monoisotopic (exact) mass is 468 g/mol. The fourth-order valence-corrected chi connectivity index (χ4v) is 3.64. The smallest absolute Gasteiger partial charge is 0.193 e. The Kier molecular flexibility index (Phi) is 7.86. The van der Waals surface area contributed by atoms with Crippen molar-refractivity contribution in [3.05, 3.63) is 47.0 Å². The minimum absolute atomic E-state index is 0. The Balaban J connectivity index is 0.00000243. The number of rotatable bonds is 4. The van der Waals surface area contributed by atoms with Crippen LogP contribution < -0.4 is 5.32 Å². The van der Waals surface area contributed by atoms with Crippen molar-refractivity contribution in [2.75, 3.05) is 26.7 Å². The molecular weight excluding hydrogens is 439 g/mol. The third kappa shape index (κ3) is 5.43. The minimum atomic E-state index is 0. The summed E-state index contributed by atoms with van der Waals surface area (Å²) in [6.07, 6.45) is 4.76. The first-order valence-electron chi connectivity index (χ1n) is 9.03. The molecular formula is C19H29IN6. The van der Waals surface area contributed by atoms with Gasteiger partial charge in [-0.05, 0) is 38.7 Å². The molecule has 2 N–H and O–H groups in total. The number of aromatic amines is 1. The molecule has 1 fully saturated rings. The Morgan fingerprint density at radius 2 is 1.92 bits per heavy atom. The van der Waals surface area contributed by atoms with Crippen LogP contribution in [0.15, 0.2) is 29.5 Å². The van der Waals surface area contributed by atoms with E-state index in [1.165, 1.54) is 16.7 Å². The Bertz CT molecular complexity index is 685. The van der Waals surface area contributed by atoms with Crippen LogP contribution >= 0.6 is 24.0 Å². The fourth-order valence-electron chi connectivity index (χ4n) is 3.64. The van der Waals surface area contributed by atoms with Gasteiger partial charge in [0.1, 0.15) is 12.2 Å². The first kappa shape index (κ1) is 20.7. The molecule has 7 heteroatoms. The Labute approximate surface area is 172 Å². The van der Waals surface area contributed by atoms with Crippen LogP contribution in [-0.2, 0) is 6.42 Å². The van der Waals surface area contributed by atoms with Crippen molar-refractivity contribution in [1.29, 1.82) is 0 Å². The Morgan fingerprint density at radius 3 is 2.50 bits per heavy atom. The summed E-state index contributed by atoms with van der Waals surface area (Å²) in [6, 6.07) is 6.75. The van der Waals surface area contributed by atoms with E-state index >= 15 is 0 Å². The molecule has 0 atom stereocenters. The van der Waals surface area contributed by atoms with Gasteiger partial charge in [0.25, 0.3) is 0 Å². The molecule has 1 saturated heterocycles. The topological polar surface area (TPSA) is 69.2 Å². The summed E-state index contributed by atoms with van der Waals surface area (Å²) >= 11 is 0. The second-order valence-electron chi connectivity index (χ2n) is 6.85.